The summed E-state index contributed by atoms with van der Waals surface area (Å²) in [6, 6.07) is 7.50. The molecule has 0 saturated carbocycles. The number of piperidine rings is 1. The molecule has 0 aliphatic carbocycles. The molecule has 1 aliphatic rings. The van der Waals surface area contributed by atoms with Gasteiger partial charge in [0.15, 0.2) is 0 Å². The van der Waals surface area contributed by atoms with Crippen LogP contribution in [-0.2, 0) is 4.79 Å². The van der Waals surface area contributed by atoms with Crippen LogP contribution >= 0.6 is 22.9 Å². The number of nitrogens with one attached hydrogen (secondary N) is 1. The SMILES string of the molecule is COc1cc(Cl)c(C)cc1NC(=O)C1CCN(c2nnc(-n3cccc3)s2)CC1. The summed E-state index contributed by atoms with van der Waals surface area (Å²) in [5.74, 6) is 0.525. The van der Waals surface area contributed by atoms with Crippen molar-refractivity contribution in [1.82, 2.24) is 14.8 Å². The molecule has 0 unspecified atom stereocenters. The van der Waals surface area contributed by atoms with Crippen molar-refractivity contribution in [2.45, 2.75) is 19.8 Å². The lowest BCUT2D eigenvalue weighted by molar-refractivity contribution is -0.120. The van der Waals surface area contributed by atoms with Crippen LogP contribution in [0.25, 0.3) is 5.13 Å². The molecule has 1 aromatic carbocycles. The Bertz CT molecular complexity index is 996. The molecule has 29 heavy (non-hydrogen) atoms. The van der Waals surface area contributed by atoms with E-state index in [4.69, 9.17) is 16.3 Å². The molecular weight excluding hydrogens is 410 g/mol. The number of benzene rings is 1. The maximum atomic E-state index is 12.8. The minimum Gasteiger partial charge on any atom is -0.495 e. The number of aryl methyl sites for hydroxylation is 1. The molecule has 1 N–H and O–H groups in total. The summed E-state index contributed by atoms with van der Waals surface area (Å²) in [7, 11) is 1.57. The summed E-state index contributed by atoms with van der Waals surface area (Å²) >= 11 is 7.70. The average molecular weight is 432 g/mol. The van der Waals surface area contributed by atoms with Gasteiger partial charge >= 0.3 is 0 Å². The van der Waals surface area contributed by atoms with E-state index < -0.39 is 0 Å². The fraction of sp³-hybridized carbons (Fsp3) is 0.350. The Morgan fingerprint density at radius 2 is 1.90 bits per heavy atom. The first kappa shape index (κ1) is 19.7. The van der Waals surface area contributed by atoms with Crippen molar-refractivity contribution < 1.29 is 9.53 Å². The van der Waals surface area contributed by atoms with Crippen LogP contribution in [0.15, 0.2) is 36.7 Å². The molecule has 1 amide bonds. The molecule has 1 saturated heterocycles. The molecule has 7 nitrogen and oxygen atoms in total. The maximum Gasteiger partial charge on any atom is 0.227 e. The number of amides is 1. The lowest BCUT2D eigenvalue weighted by Gasteiger charge is -2.30. The van der Waals surface area contributed by atoms with Crippen molar-refractivity contribution in [1.29, 1.82) is 0 Å². The van der Waals surface area contributed by atoms with E-state index in [0.29, 0.717) is 16.5 Å². The van der Waals surface area contributed by atoms with Crippen LogP contribution in [0.1, 0.15) is 18.4 Å². The fourth-order valence-electron chi connectivity index (χ4n) is 3.40. The summed E-state index contributed by atoms with van der Waals surface area (Å²) in [6.07, 6.45) is 5.43. The van der Waals surface area contributed by atoms with Gasteiger partial charge in [-0.2, -0.15) is 0 Å². The topological polar surface area (TPSA) is 72.3 Å². The zero-order valence-electron chi connectivity index (χ0n) is 16.3. The summed E-state index contributed by atoms with van der Waals surface area (Å²) in [5, 5.41) is 13.9. The normalized spacial score (nSPS) is 14.8. The Labute approximate surface area is 178 Å². The Kier molecular flexibility index (Phi) is 5.73. The van der Waals surface area contributed by atoms with E-state index in [-0.39, 0.29) is 11.8 Å². The van der Waals surface area contributed by atoms with Gasteiger partial charge in [-0.1, -0.05) is 22.9 Å². The quantitative estimate of drug-likeness (QED) is 0.656. The predicted octanol–water partition coefficient (Wildman–Crippen LogP) is 4.15. The van der Waals surface area contributed by atoms with Gasteiger partial charge < -0.3 is 15.0 Å². The van der Waals surface area contributed by atoms with E-state index in [1.807, 2.05) is 42.1 Å². The number of hydrogen-bond acceptors (Lipinski definition) is 6. The second kappa shape index (κ2) is 8.42. The highest BCUT2D eigenvalue weighted by atomic mass is 35.5. The number of ether oxygens (including phenoxy) is 1. The standard InChI is InChI=1S/C20H22ClN5O2S/c1-13-11-16(17(28-2)12-15(13)21)22-18(27)14-5-9-26(10-6-14)20-24-23-19(29-20)25-7-3-4-8-25/h3-4,7-8,11-12,14H,5-6,9-10H2,1-2H3,(H,22,27). The Balaban J connectivity index is 1.37. The lowest BCUT2D eigenvalue weighted by Crippen LogP contribution is -2.38. The lowest BCUT2D eigenvalue weighted by atomic mass is 9.96. The summed E-state index contributed by atoms with van der Waals surface area (Å²) in [5.41, 5.74) is 1.55. The highest BCUT2D eigenvalue weighted by Gasteiger charge is 2.27. The molecule has 0 atom stereocenters. The number of carbonyl (C=O) groups excluding carboxylic acids is 1. The number of carbonyl (C=O) groups is 1. The molecule has 2 aromatic heterocycles. The predicted molar refractivity (Wildman–Crippen MR) is 116 cm³/mol. The van der Waals surface area contributed by atoms with Crippen LogP contribution in [0.5, 0.6) is 5.75 Å². The highest BCUT2D eigenvalue weighted by molar-refractivity contribution is 7.17. The van der Waals surface area contributed by atoms with E-state index in [1.54, 1.807) is 24.5 Å². The Morgan fingerprint density at radius 1 is 1.21 bits per heavy atom. The Hall–Kier alpha value is -2.58. The highest BCUT2D eigenvalue weighted by Crippen LogP contribution is 2.33. The maximum absolute atomic E-state index is 12.8. The average Bonchev–Trinajstić information content (AvgIpc) is 3.42. The van der Waals surface area contributed by atoms with Crippen molar-refractivity contribution in [3.8, 4) is 10.9 Å². The second-order valence-electron chi connectivity index (χ2n) is 7.01. The molecule has 0 spiro atoms. The third-order valence-electron chi connectivity index (χ3n) is 5.10. The van der Waals surface area contributed by atoms with Crippen LogP contribution in [0.3, 0.4) is 0 Å². The molecule has 3 aromatic rings. The van der Waals surface area contributed by atoms with Crippen molar-refractivity contribution in [3.63, 3.8) is 0 Å². The molecule has 0 radical (unpaired) electrons. The summed E-state index contributed by atoms with van der Waals surface area (Å²) in [4.78, 5) is 15.0. The minimum atomic E-state index is -0.0521. The molecule has 0 bridgehead atoms. The number of anilines is 2. The van der Waals surface area contributed by atoms with Crippen LogP contribution in [0.4, 0.5) is 10.8 Å². The van der Waals surface area contributed by atoms with Gasteiger partial charge in [0.05, 0.1) is 12.8 Å². The number of methoxy groups -OCH3 is 1. The van der Waals surface area contributed by atoms with Crippen LogP contribution in [0, 0.1) is 12.8 Å². The van der Waals surface area contributed by atoms with E-state index in [9.17, 15) is 4.79 Å². The smallest absolute Gasteiger partial charge is 0.227 e. The number of nitrogens with zero attached hydrogens (tertiary/aromatic N) is 4. The molecule has 1 aliphatic heterocycles. The van der Waals surface area contributed by atoms with Crippen molar-refractivity contribution in [2.24, 2.45) is 5.92 Å². The summed E-state index contributed by atoms with van der Waals surface area (Å²) in [6.45, 7) is 3.45. The van der Waals surface area contributed by atoms with E-state index in [0.717, 1.165) is 41.8 Å². The van der Waals surface area contributed by atoms with Gasteiger partial charge in [-0.05, 0) is 43.5 Å². The molecule has 1 fully saturated rings. The largest absolute Gasteiger partial charge is 0.495 e. The van der Waals surface area contributed by atoms with Gasteiger partial charge in [0, 0.05) is 42.5 Å². The van der Waals surface area contributed by atoms with Crippen LogP contribution in [-0.4, -0.2) is 40.9 Å². The third-order valence-corrected chi connectivity index (χ3v) is 6.51. The number of halogens is 1. The van der Waals surface area contributed by atoms with E-state index in [1.165, 1.54) is 0 Å². The number of aromatic nitrogens is 3. The fourth-order valence-corrected chi connectivity index (χ4v) is 4.42. The van der Waals surface area contributed by atoms with Gasteiger partial charge in [-0.15, -0.1) is 10.2 Å². The molecule has 4 rings (SSSR count). The molecule has 9 heteroatoms. The molecular formula is C20H22ClN5O2S. The van der Waals surface area contributed by atoms with Crippen LogP contribution < -0.4 is 15.0 Å². The van der Waals surface area contributed by atoms with Gasteiger partial charge in [0.25, 0.3) is 0 Å². The van der Waals surface area contributed by atoms with Crippen molar-refractivity contribution in [2.75, 3.05) is 30.4 Å². The second-order valence-corrected chi connectivity index (χ2v) is 8.35. The van der Waals surface area contributed by atoms with Crippen LogP contribution in [0.2, 0.25) is 5.02 Å². The first-order chi connectivity index (χ1) is 14.0. The van der Waals surface area contributed by atoms with E-state index >= 15 is 0 Å². The first-order valence-electron chi connectivity index (χ1n) is 9.42. The van der Waals surface area contributed by atoms with Gasteiger partial charge in [-0.3, -0.25) is 9.36 Å². The minimum absolute atomic E-state index is 0.00923. The third kappa shape index (κ3) is 4.23. The first-order valence-corrected chi connectivity index (χ1v) is 10.6. The van der Waals surface area contributed by atoms with Gasteiger partial charge in [-0.25, -0.2) is 0 Å². The zero-order valence-corrected chi connectivity index (χ0v) is 17.8. The zero-order chi connectivity index (χ0) is 20.4. The monoisotopic (exact) mass is 431 g/mol. The molecule has 152 valence electrons. The van der Waals surface area contributed by atoms with Crippen molar-refractivity contribution in [3.05, 3.63) is 47.2 Å². The number of hydrogen-bond donors (Lipinski definition) is 1. The molecule has 3 heterocycles. The van der Waals surface area contributed by atoms with Crippen molar-refractivity contribution >= 4 is 39.7 Å². The Morgan fingerprint density at radius 3 is 2.59 bits per heavy atom. The number of rotatable bonds is 5. The van der Waals surface area contributed by atoms with Gasteiger partial charge in [0.1, 0.15) is 5.75 Å². The summed E-state index contributed by atoms with van der Waals surface area (Å²) < 4.78 is 7.30. The van der Waals surface area contributed by atoms with Gasteiger partial charge in [0.2, 0.25) is 16.2 Å². The van der Waals surface area contributed by atoms with E-state index in [2.05, 4.69) is 20.4 Å².